The van der Waals surface area contributed by atoms with E-state index in [1.54, 1.807) is 36.5 Å². The lowest BCUT2D eigenvalue weighted by molar-refractivity contribution is -0.117. The van der Waals surface area contributed by atoms with Gasteiger partial charge < -0.3 is 19.5 Å². The molecule has 0 radical (unpaired) electrons. The normalized spacial score (nSPS) is 11.4. The van der Waals surface area contributed by atoms with Gasteiger partial charge in [0.2, 0.25) is 5.88 Å². The van der Waals surface area contributed by atoms with Gasteiger partial charge in [0.1, 0.15) is 22.9 Å². The van der Waals surface area contributed by atoms with E-state index in [2.05, 4.69) is 10.3 Å². The van der Waals surface area contributed by atoms with E-state index in [0.29, 0.717) is 36.7 Å². The van der Waals surface area contributed by atoms with Gasteiger partial charge in [0.25, 0.3) is 11.5 Å². The molecule has 3 aromatic rings. The number of hydrogen-bond donors (Lipinski definition) is 1. The number of benzene rings is 1. The molecule has 0 bridgehead atoms. The summed E-state index contributed by atoms with van der Waals surface area (Å²) in [7, 11) is 1.50. The van der Waals surface area contributed by atoms with Crippen LogP contribution in [0.5, 0.6) is 17.4 Å². The molecule has 2 heterocycles. The fraction of sp³-hybridized carbons (Fsp3) is 0.308. The van der Waals surface area contributed by atoms with Crippen molar-refractivity contribution in [1.82, 2.24) is 14.7 Å². The summed E-state index contributed by atoms with van der Waals surface area (Å²) in [5.41, 5.74) is 0.397. The van der Waals surface area contributed by atoms with Crippen LogP contribution in [-0.4, -0.2) is 41.7 Å². The highest BCUT2D eigenvalue weighted by Crippen LogP contribution is 2.32. The molecule has 9 nitrogen and oxygen atoms in total. The molecule has 0 saturated heterocycles. The zero-order chi connectivity index (χ0) is 25.4. The highest BCUT2D eigenvalue weighted by molar-refractivity contribution is 6.01. The lowest BCUT2D eigenvalue weighted by Crippen LogP contribution is -2.27. The fourth-order valence-corrected chi connectivity index (χ4v) is 3.28. The molecule has 0 spiro atoms. The number of hydrogen-bond acceptors (Lipinski definition) is 7. The van der Waals surface area contributed by atoms with Crippen LogP contribution in [0.15, 0.2) is 53.0 Å². The first kappa shape index (κ1) is 25.5. The molecule has 0 aliphatic rings. The van der Waals surface area contributed by atoms with Crippen molar-refractivity contribution in [2.75, 3.05) is 20.3 Å². The van der Waals surface area contributed by atoms with Crippen LogP contribution in [0.25, 0.3) is 11.7 Å². The Morgan fingerprint density at radius 1 is 1.23 bits per heavy atom. The van der Waals surface area contributed by atoms with Crippen LogP contribution in [0.4, 0.5) is 0 Å². The number of carbonyl (C=O) groups is 1. The number of aryl methyl sites for hydroxylation is 1. The molecule has 35 heavy (non-hydrogen) atoms. The number of aromatic nitrogens is 2. The van der Waals surface area contributed by atoms with E-state index >= 15 is 0 Å². The number of ether oxygens (including phenoxy) is 3. The van der Waals surface area contributed by atoms with E-state index in [1.165, 1.54) is 17.6 Å². The summed E-state index contributed by atoms with van der Waals surface area (Å²) >= 11 is 0. The van der Waals surface area contributed by atoms with Crippen LogP contribution in [0.2, 0.25) is 0 Å². The van der Waals surface area contributed by atoms with E-state index in [1.807, 2.05) is 32.9 Å². The maximum absolute atomic E-state index is 13.4. The Morgan fingerprint density at radius 3 is 2.66 bits per heavy atom. The van der Waals surface area contributed by atoms with Crippen molar-refractivity contribution in [3.63, 3.8) is 0 Å². The zero-order valence-corrected chi connectivity index (χ0v) is 20.2. The lowest BCUT2D eigenvalue weighted by Gasteiger charge is -2.13. The van der Waals surface area contributed by atoms with Crippen molar-refractivity contribution < 1.29 is 19.0 Å². The van der Waals surface area contributed by atoms with Crippen molar-refractivity contribution in [2.24, 2.45) is 0 Å². The fourth-order valence-electron chi connectivity index (χ4n) is 3.28. The maximum Gasteiger partial charge on any atom is 0.269 e. The van der Waals surface area contributed by atoms with Gasteiger partial charge in [-0.25, -0.2) is 0 Å². The monoisotopic (exact) mass is 476 g/mol. The smallest absolute Gasteiger partial charge is 0.269 e. The van der Waals surface area contributed by atoms with E-state index in [4.69, 9.17) is 14.2 Å². The molecule has 0 saturated carbocycles. The first-order valence-electron chi connectivity index (χ1n) is 11.2. The second kappa shape index (κ2) is 11.8. The number of para-hydroxylation sites is 2. The lowest BCUT2D eigenvalue weighted by atomic mass is 10.1. The van der Waals surface area contributed by atoms with Gasteiger partial charge >= 0.3 is 0 Å². The Morgan fingerprint density at radius 2 is 1.97 bits per heavy atom. The Balaban J connectivity index is 2.02. The van der Waals surface area contributed by atoms with E-state index in [9.17, 15) is 14.9 Å². The minimum Gasteiger partial charge on any atom is -0.493 e. The molecule has 0 aliphatic carbocycles. The van der Waals surface area contributed by atoms with Crippen LogP contribution in [-0.2, 0) is 9.53 Å². The number of amides is 1. The summed E-state index contributed by atoms with van der Waals surface area (Å²) in [5, 5.41) is 12.3. The third kappa shape index (κ3) is 6.25. The second-order valence-electron chi connectivity index (χ2n) is 7.97. The van der Waals surface area contributed by atoms with Crippen LogP contribution in [0.1, 0.15) is 31.4 Å². The number of nitrogens with one attached hydrogen (secondary N) is 1. The van der Waals surface area contributed by atoms with Crippen LogP contribution in [0, 0.1) is 18.3 Å². The van der Waals surface area contributed by atoms with Crippen LogP contribution < -0.4 is 20.3 Å². The standard InChI is InChI=1S/C26H28N4O5/c1-17(2)34-14-8-12-28-24(31)19(16-27)15-20-25(35-22-11-6-5-10-21(22)33-4)29-23-18(3)9-7-13-30(23)26(20)32/h5-7,9-11,13,15,17H,8,12,14H2,1-4H3,(H,28,31)/b19-15+. The van der Waals surface area contributed by atoms with E-state index in [-0.39, 0.29) is 23.1 Å². The molecule has 9 heteroatoms. The van der Waals surface area contributed by atoms with Gasteiger partial charge in [-0.2, -0.15) is 10.2 Å². The number of methoxy groups -OCH3 is 1. The van der Waals surface area contributed by atoms with E-state index < -0.39 is 11.5 Å². The number of carbonyl (C=O) groups excluding carboxylic acids is 1. The first-order chi connectivity index (χ1) is 16.8. The molecule has 0 fully saturated rings. The van der Waals surface area contributed by atoms with Crippen LogP contribution >= 0.6 is 0 Å². The summed E-state index contributed by atoms with van der Waals surface area (Å²) in [5.74, 6) is 0.132. The summed E-state index contributed by atoms with van der Waals surface area (Å²) in [4.78, 5) is 30.6. The number of nitrogens with zero attached hydrogens (tertiary/aromatic N) is 3. The van der Waals surface area contributed by atoms with Gasteiger partial charge in [-0.05, 0) is 57.0 Å². The topological polar surface area (TPSA) is 115 Å². The largest absolute Gasteiger partial charge is 0.493 e. The van der Waals surface area contributed by atoms with Gasteiger partial charge in [-0.3, -0.25) is 14.0 Å². The number of pyridine rings is 1. The van der Waals surface area contributed by atoms with Crippen molar-refractivity contribution in [2.45, 2.75) is 33.3 Å². The summed E-state index contributed by atoms with van der Waals surface area (Å²) in [6.45, 7) is 6.48. The molecule has 0 atom stereocenters. The molecule has 0 aliphatic heterocycles. The minimum atomic E-state index is -0.603. The zero-order valence-electron chi connectivity index (χ0n) is 20.2. The van der Waals surface area contributed by atoms with Gasteiger partial charge in [0.05, 0.1) is 13.2 Å². The van der Waals surface area contributed by atoms with Crippen molar-refractivity contribution in [3.05, 3.63) is 69.6 Å². The predicted octanol–water partition coefficient (Wildman–Crippen LogP) is 3.64. The minimum absolute atomic E-state index is 0.0335. The second-order valence-corrected chi connectivity index (χ2v) is 7.97. The number of rotatable bonds is 10. The molecule has 1 aromatic carbocycles. The third-order valence-corrected chi connectivity index (χ3v) is 5.04. The SMILES string of the molecule is COc1ccccc1Oc1nc2c(C)cccn2c(=O)c1/C=C(\C#N)C(=O)NCCCOC(C)C. The quantitative estimate of drug-likeness (QED) is 0.270. The molecule has 2 aromatic heterocycles. The van der Waals surface area contributed by atoms with E-state index in [0.717, 1.165) is 5.56 Å². The maximum atomic E-state index is 13.4. The Hall–Kier alpha value is -4.16. The highest BCUT2D eigenvalue weighted by atomic mass is 16.5. The molecule has 3 rings (SSSR count). The number of fused-ring (bicyclic) bond motifs is 1. The Bertz CT molecular complexity index is 1340. The molecular weight excluding hydrogens is 448 g/mol. The molecular formula is C26H28N4O5. The average Bonchev–Trinajstić information content (AvgIpc) is 2.84. The van der Waals surface area contributed by atoms with Gasteiger partial charge in [0, 0.05) is 19.3 Å². The summed E-state index contributed by atoms with van der Waals surface area (Å²) in [6, 6.07) is 12.3. The van der Waals surface area contributed by atoms with Crippen LogP contribution in [0.3, 0.4) is 0 Å². The predicted molar refractivity (Wildman–Crippen MR) is 132 cm³/mol. The van der Waals surface area contributed by atoms with Crippen molar-refractivity contribution >= 4 is 17.6 Å². The summed E-state index contributed by atoms with van der Waals surface area (Å²) < 4.78 is 18.1. The van der Waals surface area contributed by atoms with Crippen molar-refractivity contribution in [3.8, 4) is 23.4 Å². The summed E-state index contributed by atoms with van der Waals surface area (Å²) in [6.07, 6.45) is 3.46. The highest BCUT2D eigenvalue weighted by Gasteiger charge is 2.19. The Kier molecular flexibility index (Phi) is 8.59. The van der Waals surface area contributed by atoms with Gasteiger partial charge in [0.15, 0.2) is 11.5 Å². The average molecular weight is 477 g/mol. The molecule has 1 amide bonds. The molecule has 0 unspecified atom stereocenters. The molecule has 182 valence electrons. The first-order valence-corrected chi connectivity index (χ1v) is 11.2. The number of nitriles is 1. The Labute approximate surface area is 203 Å². The third-order valence-electron chi connectivity index (χ3n) is 5.04. The van der Waals surface area contributed by atoms with Gasteiger partial charge in [-0.15, -0.1) is 0 Å². The van der Waals surface area contributed by atoms with Crippen molar-refractivity contribution in [1.29, 1.82) is 5.26 Å². The van der Waals surface area contributed by atoms with Gasteiger partial charge in [-0.1, -0.05) is 18.2 Å². The molecule has 1 N–H and O–H groups in total.